The van der Waals surface area contributed by atoms with Gasteiger partial charge in [-0.25, -0.2) is 0 Å². The van der Waals surface area contributed by atoms with Gasteiger partial charge in [-0.05, 0) is 118 Å². The van der Waals surface area contributed by atoms with Gasteiger partial charge in [0.15, 0.2) is 0 Å². The number of aliphatic hydroxyl groups excluding tert-OH is 2. The molecule has 4 aliphatic rings. The highest BCUT2D eigenvalue weighted by atomic mass is 16.3. The molecule has 0 amide bonds. The second kappa shape index (κ2) is 11.2. The minimum atomic E-state index is -1.14. The number of unbranched alkanes of at least 4 members (excludes halogenated alkanes) is 2. The van der Waals surface area contributed by atoms with E-state index in [1.165, 1.54) is 12.0 Å². The summed E-state index contributed by atoms with van der Waals surface area (Å²) in [5, 5.41) is 45.0. The van der Waals surface area contributed by atoms with Gasteiger partial charge in [0.25, 0.3) is 0 Å². The van der Waals surface area contributed by atoms with Crippen molar-refractivity contribution in [1.82, 2.24) is 0 Å². The minimum Gasteiger partial charge on any atom is -0.393 e. The van der Waals surface area contributed by atoms with Gasteiger partial charge in [-0.3, -0.25) is 0 Å². The molecule has 0 heterocycles. The first-order valence-electron chi connectivity index (χ1n) is 15.9. The van der Waals surface area contributed by atoms with Crippen LogP contribution in [0.1, 0.15) is 137 Å². The van der Waals surface area contributed by atoms with E-state index in [0.29, 0.717) is 30.6 Å². The molecule has 37 heavy (non-hydrogen) atoms. The normalized spacial score (nSPS) is 40.2. The van der Waals surface area contributed by atoms with E-state index in [-0.39, 0.29) is 22.9 Å². The lowest BCUT2D eigenvalue weighted by Gasteiger charge is -2.59. The molecule has 3 fully saturated rings. The van der Waals surface area contributed by atoms with Crippen molar-refractivity contribution in [2.75, 3.05) is 0 Å². The molecular weight excluding hydrogens is 460 g/mol. The summed E-state index contributed by atoms with van der Waals surface area (Å²) in [4.78, 5) is 0. The molecule has 4 aliphatic carbocycles. The SMILES string of the molecule is CCCCC(O)(CCCC)CC[C@@H](O)[C@](C)(O)[C@H]1CC[C@H]2[C@@H]3CC=C4C[C@@H](O)CC[C@]4(C)[C@H]3CC[C@]12C. The Labute approximate surface area is 227 Å². The third-order valence-electron chi connectivity index (χ3n) is 12.3. The van der Waals surface area contributed by atoms with Gasteiger partial charge in [-0.15, -0.1) is 0 Å². The van der Waals surface area contributed by atoms with Gasteiger partial charge in [-0.1, -0.05) is 65.0 Å². The molecule has 0 aromatic rings. The highest BCUT2D eigenvalue weighted by Crippen LogP contribution is 2.67. The molecule has 0 saturated heterocycles. The average Bonchev–Trinajstić information content (AvgIpc) is 3.23. The fraction of sp³-hybridized carbons (Fsp3) is 0.939. The van der Waals surface area contributed by atoms with Crippen LogP contribution in [0.5, 0.6) is 0 Å². The lowest BCUT2D eigenvalue weighted by molar-refractivity contribution is -0.154. The zero-order chi connectivity index (χ0) is 27.1. The molecule has 9 atom stereocenters. The molecule has 0 aromatic heterocycles. The van der Waals surface area contributed by atoms with Crippen molar-refractivity contribution in [3.63, 3.8) is 0 Å². The number of hydrogen-bond acceptors (Lipinski definition) is 4. The van der Waals surface area contributed by atoms with Gasteiger partial charge in [0.05, 0.1) is 23.4 Å². The lowest BCUT2D eigenvalue weighted by atomic mass is 9.46. The zero-order valence-corrected chi connectivity index (χ0v) is 24.6. The first-order chi connectivity index (χ1) is 17.4. The summed E-state index contributed by atoms with van der Waals surface area (Å²) >= 11 is 0. The zero-order valence-electron chi connectivity index (χ0n) is 24.6. The fourth-order valence-corrected chi connectivity index (χ4v) is 9.92. The van der Waals surface area contributed by atoms with Crippen molar-refractivity contribution in [3.8, 4) is 0 Å². The van der Waals surface area contributed by atoms with Crippen LogP contribution < -0.4 is 0 Å². The van der Waals surface area contributed by atoms with Crippen LogP contribution in [0.2, 0.25) is 0 Å². The van der Waals surface area contributed by atoms with E-state index in [9.17, 15) is 20.4 Å². The van der Waals surface area contributed by atoms with Crippen LogP contribution in [0.25, 0.3) is 0 Å². The molecule has 4 heteroatoms. The van der Waals surface area contributed by atoms with E-state index in [2.05, 4.69) is 33.8 Å². The summed E-state index contributed by atoms with van der Waals surface area (Å²) < 4.78 is 0. The molecule has 0 aromatic carbocycles. The number of allylic oxidation sites excluding steroid dienone is 1. The number of hydrogen-bond donors (Lipinski definition) is 4. The second-order valence-electron chi connectivity index (χ2n) is 14.5. The molecule has 0 unspecified atom stereocenters. The third kappa shape index (κ3) is 5.48. The van der Waals surface area contributed by atoms with Crippen LogP contribution in [0, 0.1) is 34.5 Å². The molecule has 0 bridgehead atoms. The van der Waals surface area contributed by atoms with Crippen molar-refractivity contribution in [1.29, 1.82) is 0 Å². The summed E-state index contributed by atoms with van der Waals surface area (Å²) in [6.07, 6.45) is 16.7. The number of aliphatic hydroxyl groups is 4. The smallest absolute Gasteiger partial charge is 0.0910 e. The van der Waals surface area contributed by atoms with Crippen LogP contribution in [0.15, 0.2) is 11.6 Å². The Morgan fingerprint density at radius 1 is 0.946 bits per heavy atom. The summed E-state index contributed by atoms with van der Waals surface area (Å²) in [6.45, 7) is 11.1. The van der Waals surface area contributed by atoms with Gasteiger partial charge in [-0.2, -0.15) is 0 Å². The summed E-state index contributed by atoms with van der Waals surface area (Å²) in [6, 6.07) is 0. The maximum absolute atomic E-state index is 11.9. The maximum Gasteiger partial charge on any atom is 0.0910 e. The lowest BCUT2D eigenvalue weighted by Crippen LogP contribution is -2.56. The van der Waals surface area contributed by atoms with Gasteiger partial charge in [0.1, 0.15) is 0 Å². The van der Waals surface area contributed by atoms with Crippen LogP contribution in [-0.2, 0) is 0 Å². The van der Waals surface area contributed by atoms with Crippen molar-refractivity contribution in [2.24, 2.45) is 34.5 Å². The maximum atomic E-state index is 11.9. The van der Waals surface area contributed by atoms with Gasteiger partial charge in [0.2, 0.25) is 0 Å². The Morgan fingerprint density at radius 3 is 2.27 bits per heavy atom. The van der Waals surface area contributed by atoms with Crippen molar-refractivity contribution in [3.05, 3.63) is 11.6 Å². The van der Waals surface area contributed by atoms with E-state index in [1.807, 2.05) is 6.92 Å². The van der Waals surface area contributed by atoms with Crippen molar-refractivity contribution in [2.45, 2.75) is 161 Å². The largest absolute Gasteiger partial charge is 0.393 e. The van der Waals surface area contributed by atoms with E-state index >= 15 is 0 Å². The summed E-state index contributed by atoms with van der Waals surface area (Å²) in [5.74, 6) is 2.00. The van der Waals surface area contributed by atoms with Gasteiger partial charge in [0, 0.05) is 0 Å². The summed E-state index contributed by atoms with van der Waals surface area (Å²) in [5.41, 5.74) is -0.0841. The molecule has 214 valence electrons. The number of rotatable bonds is 11. The first kappa shape index (κ1) is 29.6. The highest BCUT2D eigenvalue weighted by Gasteiger charge is 2.62. The fourth-order valence-electron chi connectivity index (χ4n) is 9.92. The Kier molecular flexibility index (Phi) is 8.96. The van der Waals surface area contributed by atoms with Crippen LogP contribution in [0.3, 0.4) is 0 Å². The van der Waals surface area contributed by atoms with Crippen LogP contribution in [-0.4, -0.2) is 43.8 Å². The topological polar surface area (TPSA) is 80.9 Å². The Hall–Kier alpha value is -0.420. The van der Waals surface area contributed by atoms with Gasteiger partial charge < -0.3 is 20.4 Å². The Balaban J connectivity index is 1.46. The molecule has 0 radical (unpaired) electrons. The molecule has 0 aliphatic heterocycles. The standard InChI is InChI=1S/C33H58O4/c1-6-8-17-33(37,18-9-7-2)21-16-29(35)32(5,36)28-13-12-26-25-11-10-23-22-24(34)14-19-30(23,3)27(25)15-20-31(26,28)4/h10,24-29,34-37H,6-9,11-22H2,1-5H3/t24-,25-,26-,27-,28-,29+,30-,31-,32+/m0/s1. The number of fused-ring (bicyclic) bond motifs is 5. The second-order valence-corrected chi connectivity index (χ2v) is 14.5. The molecule has 4 rings (SSSR count). The van der Waals surface area contributed by atoms with E-state index in [4.69, 9.17) is 0 Å². The molecule has 4 N–H and O–H groups in total. The molecule has 0 spiro atoms. The Bertz CT molecular complexity index is 796. The van der Waals surface area contributed by atoms with Crippen LogP contribution >= 0.6 is 0 Å². The van der Waals surface area contributed by atoms with Crippen molar-refractivity contribution < 1.29 is 20.4 Å². The Morgan fingerprint density at radius 2 is 1.62 bits per heavy atom. The molecule has 3 saturated carbocycles. The summed E-state index contributed by atoms with van der Waals surface area (Å²) in [7, 11) is 0. The van der Waals surface area contributed by atoms with E-state index < -0.39 is 17.3 Å². The average molecular weight is 519 g/mol. The predicted molar refractivity (Wildman–Crippen MR) is 151 cm³/mol. The third-order valence-corrected chi connectivity index (χ3v) is 12.3. The quantitative estimate of drug-likeness (QED) is 0.224. The van der Waals surface area contributed by atoms with Crippen LogP contribution in [0.4, 0.5) is 0 Å². The highest BCUT2D eigenvalue weighted by molar-refractivity contribution is 5.25. The van der Waals surface area contributed by atoms with E-state index in [1.54, 1.807) is 0 Å². The van der Waals surface area contributed by atoms with Gasteiger partial charge >= 0.3 is 0 Å². The molecular formula is C33H58O4. The van der Waals surface area contributed by atoms with E-state index in [0.717, 1.165) is 83.5 Å². The predicted octanol–water partition coefficient (Wildman–Crippen LogP) is 6.93. The molecule has 4 nitrogen and oxygen atoms in total. The monoisotopic (exact) mass is 518 g/mol. The minimum absolute atomic E-state index is 0.0439. The first-order valence-corrected chi connectivity index (χ1v) is 15.9. The van der Waals surface area contributed by atoms with Crippen molar-refractivity contribution >= 4 is 0 Å².